The Hall–Kier alpha value is -0.630. The van der Waals surface area contributed by atoms with E-state index in [1.54, 1.807) is 6.07 Å². The molecule has 0 amide bonds. The Bertz CT molecular complexity index is 568. The lowest BCUT2D eigenvalue weighted by molar-refractivity contribution is 0.0532. The molecule has 4 N–H and O–H groups in total. The SMILES string of the molecule is Nc1ccc(Br)cc1S(=O)(=O)NCC1(O)CCCC1. The number of anilines is 1. The summed E-state index contributed by atoms with van der Waals surface area (Å²) in [4.78, 5) is 0.0310. The molecule has 1 aliphatic rings. The van der Waals surface area contributed by atoms with Crippen molar-refractivity contribution >= 4 is 31.6 Å². The normalized spacial score (nSPS) is 18.6. The van der Waals surface area contributed by atoms with Crippen molar-refractivity contribution < 1.29 is 13.5 Å². The van der Waals surface area contributed by atoms with Gasteiger partial charge in [-0.15, -0.1) is 0 Å². The molecule has 0 unspecified atom stereocenters. The molecule has 0 spiro atoms. The van der Waals surface area contributed by atoms with Gasteiger partial charge in [0.15, 0.2) is 0 Å². The second kappa shape index (κ2) is 5.40. The molecule has 0 saturated heterocycles. The van der Waals surface area contributed by atoms with Crippen molar-refractivity contribution in [2.45, 2.75) is 36.2 Å². The molecule has 1 aromatic carbocycles. The van der Waals surface area contributed by atoms with Gasteiger partial charge in [-0.05, 0) is 31.0 Å². The predicted molar refractivity (Wildman–Crippen MR) is 77.2 cm³/mol. The minimum atomic E-state index is -3.70. The molecule has 7 heteroatoms. The van der Waals surface area contributed by atoms with Gasteiger partial charge in [0.1, 0.15) is 4.90 Å². The van der Waals surface area contributed by atoms with Crippen LogP contribution in [0, 0.1) is 0 Å². The number of sulfonamides is 1. The number of halogens is 1. The fourth-order valence-corrected chi connectivity index (χ4v) is 4.05. The molecule has 0 aromatic heterocycles. The average molecular weight is 349 g/mol. The highest BCUT2D eigenvalue weighted by atomic mass is 79.9. The summed E-state index contributed by atoms with van der Waals surface area (Å²) in [5.74, 6) is 0. The minimum absolute atomic E-state index is 0.0291. The Morgan fingerprint density at radius 3 is 2.63 bits per heavy atom. The quantitative estimate of drug-likeness (QED) is 0.720. The predicted octanol–water partition coefficient (Wildman–Crippen LogP) is 1.61. The number of nitrogens with one attached hydrogen (secondary N) is 1. The molecule has 1 saturated carbocycles. The summed E-state index contributed by atoms with van der Waals surface area (Å²) in [5, 5.41) is 10.2. The van der Waals surface area contributed by atoms with Gasteiger partial charge in [0.05, 0.1) is 11.3 Å². The van der Waals surface area contributed by atoms with Crippen molar-refractivity contribution in [2.75, 3.05) is 12.3 Å². The zero-order valence-corrected chi connectivity index (χ0v) is 12.8. The van der Waals surface area contributed by atoms with Gasteiger partial charge in [0.2, 0.25) is 10.0 Å². The second-order valence-corrected chi connectivity index (χ2v) is 7.59. The van der Waals surface area contributed by atoms with Gasteiger partial charge >= 0.3 is 0 Å². The highest BCUT2D eigenvalue weighted by Crippen LogP contribution is 2.29. The molecule has 0 heterocycles. The molecule has 0 atom stereocenters. The van der Waals surface area contributed by atoms with E-state index in [0.29, 0.717) is 17.3 Å². The maximum absolute atomic E-state index is 12.2. The number of nitrogens with two attached hydrogens (primary N) is 1. The summed E-state index contributed by atoms with van der Waals surface area (Å²) in [6, 6.07) is 4.66. The van der Waals surface area contributed by atoms with E-state index in [2.05, 4.69) is 20.7 Å². The van der Waals surface area contributed by atoms with E-state index < -0.39 is 15.6 Å². The summed E-state index contributed by atoms with van der Waals surface area (Å²) < 4.78 is 27.4. The van der Waals surface area contributed by atoms with Crippen LogP contribution >= 0.6 is 15.9 Å². The van der Waals surface area contributed by atoms with E-state index >= 15 is 0 Å². The third-order valence-electron chi connectivity index (χ3n) is 3.39. The number of nitrogen functional groups attached to an aromatic ring is 1. The minimum Gasteiger partial charge on any atom is -0.398 e. The molecule has 19 heavy (non-hydrogen) atoms. The third kappa shape index (κ3) is 3.47. The van der Waals surface area contributed by atoms with Gasteiger partial charge in [-0.1, -0.05) is 28.8 Å². The van der Waals surface area contributed by atoms with Crippen LogP contribution in [0.5, 0.6) is 0 Å². The lowest BCUT2D eigenvalue weighted by Crippen LogP contribution is -2.40. The molecule has 1 aliphatic carbocycles. The number of benzene rings is 1. The van der Waals surface area contributed by atoms with Gasteiger partial charge in [0, 0.05) is 11.0 Å². The van der Waals surface area contributed by atoms with Gasteiger partial charge in [-0.2, -0.15) is 0 Å². The number of aliphatic hydroxyl groups is 1. The van der Waals surface area contributed by atoms with Crippen LogP contribution in [-0.4, -0.2) is 25.7 Å². The molecular formula is C12H17BrN2O3S. The summed E-state index contributed by atoms with van der Waals surface area (Å²) in [6.07, 6.45) is 3.11. The standard InChI is InChI=1S/C12H17BrN2O3S/c13-9-3-4-10(14)11(7-9)19(17,18)15-8-12(16)5-1-2-6-12/h3-4,7,15-16H,1-2,5-6,8,14H2. The van der Waals surface area contributed by atoms with E-state index in [4.69, 9.17) is 5.73 Å². The first-order valence-corrected chi connectivity index (χ1v) is 8.37. The molecule has 5 nitrogen and oxygen atoms in total. The molecule has 0 bridgehead atoms. The van der Waals surface area contributed by atoms with Crippen molar-refractivity contribution in [3.63, 3.8) is 0 Å². The van der Waals surface area contributed by atoms with E-state index in [9.17, 15) is 13.5 Å². The first-order valence-electron chi connectivity index (χ1n) is 6.10. The Balaban J connectivity index is 2.16. The lowest BCUT2D eigenvalue weighted by atomic mass is 10.0. The summed E-state index contributed by atoms with van der Waals surface area (Å²) in [6.45, 7) is 0.0291. The van der Waals surface area contributed by atoms with Crippen LogP contribution < -0.4 is 10.5 Å². The fraction of sp³-hybridized carbons (Fsp3) is 0.500. The molecule has 0 radical (unpaired) electrons. The van der Waals surface area contributed by atoms with Gasteiger partial charge in [-0.3, -0.25) is 0 Å². The monoisotopic (exact) mass is 348 g/mol. The number of rotatable bonds is 4. The van der Waals surface area contributed by atoms with Gasteiger partial charge in [0.25, 0.3) is 0 Å². The summed E-state index contributed by atoms with van der Waals surface area (Å²) in [7, 11) is -3.70. The van der Waals surface area contributed by atoms with E-state index in [0.717, 1.165) is 12.8 Å². The van der Waals surface area contributed by atoms with Gasteiger partial charge < -0.3 is 10.8 Å². The average Bonchev–Trinajstić information content (AvgIpc) is 2.78. The van der Waals surface area contributed by atoms with Crippen LogP contribution in [0.2, 0.25) is 0 Å². The van der Waals surface area contributed by atoms with Crippen molar-refractivity contribution in [1.82, 2.24) is 4.72 Å². The smallest absolute Gasteiger partial charge is 0.242 e. The van der Waals surface area contributed by atoms with Crippen LogP contribution in [0.25, 0.3) is 0 Å². The topological polar surface area (TPSA) is 92.4 Å². The molecule has 0 aliphatic heterocycles. The zero-order chi connectivity index (χ0) is 14.1. The van der Waals surface area contributed by atoms with Crippen molar-refractivity contribution in [1.29, 1.82) is 0 Å². The third-order valence-corrected chi connectivity index (χ3v) is 5.34. The van der Waals surface area contributed by atoms with Crippen LogP contribution in [0.3, 0.4) is 0 Å². The second-order valence-electron chi connectivity index (χ2n) is 4.94. The van der Waals surface area contributed by atoms with Gasteiger partial charge in [-0.25, -0.2) is 13.1 Å². The highest BCUT2D eigenvalue weighted by molar-refractivity contribution is 9.10. The molecule has 1 fully saturated rings. The Labute approximate surface area is 121 Å². The lowest BCUT2D eigenvalue weighted by Gasteiger charge is -2.22. The van der Waals surface area contributed by atoms with Crippen LogP contribution in [0.4, 0.5) is 5.69 Å². The Kier molecular flexibility index (Phi) is 4.20. The molecule has 106 valence electrons. The summed E-state index contributed by atoms with van der Waals surface area (Å²) in [5.41, 5.74) is 4.96. The Morgan fingerprint density at radius 1 is 1.37 bits per heavy atom. The molecule has 1 aromatic rings. The first kappa shape index (κ1) is 14.8. The van der Waals surface area contributed by atoms with Crippen molar-refractivity contribution in [3.05, 3.63) is 22.7 Å². The largest absolute Gasteiger partial charge is 0.398 e. The first-order chi connectivity index (χ1) is 8.82. The van der Waals surface area contributed by atoms with Crippen LogP contribution in [0.1, 0.15) is 25.7 Å². The summed E-state index contributed by atoms with van der Waals surface area (Å²) >= 11 is 3.22. The molecule has 2 rings (SSSR count). The highest BCUT2D eigenvalue weighted by Gasteiger charge is 2.32. The maximum atomic E-state index is 12.2. The van der Waals surface area contributed by atoms with Crippen molar-refractivity contribution in [3.8, 4) is 0 Å². The number of hydrogen-bond donors (Lipinski definition) is 3. The zero-order valence-electron chi connectivity index (χ0n) is 10.4. The Morgan fingerprint density at radius 2 is 2.00 bits per heavy atom. The van der Waals surface area contributed by atoms with Crippen LogP contribution in [0.15, 0.2) is 27.6 Å². The molecular weight excluding hydrogens is 332 g/mol. The fourth-order valence-electron chi connectivity index (χ4n) is 2.26. The van der Waals surface area contributed by atoms with E-state index in [1.165, 1.54) is 12.1 Å². The number of hydrogen-bond acceptors (Lipinski definition) is 4. The van der Waals surface area contributed by atoms with E-state index in [-0.39, 0.29) is 17.1 Å². The van der Waals surface area contributed by atoms with Crippen LogP contribution in [-0.2, 0) is 10.0 Å². The van der Waals surface area contributed by atoms with Crippen molar-refractivity contribution in [2.24, 2.45) is 0 Å². The maximum Gasteiger partial charge on any atom is 0.242 e. The van der Waals surface area contributed by atoms with E-state index in [1.807, 2.05) is 0 Å².